The van der Waals surface area contributed by atoms with Crippen molar-refractivity contribution >= 4 is 5.91 Å². The van der Waals surface area contributed by atoms with Crippen molar-refractivity contribution in [2.45, 2.75) is 52.6 Å². The number of carbonyl (C=O) groups is 1. The summed E-state index contributed by atoms with van der Waals surface area (Å²) in [6, 6.07) is 0.0495. The summed E-state index contributed by atoms with van der Waals surface area (Å²) >= 11 is 0. The molecule has 0 aromatic rings. The number of rotatable bonds is 3. The normalized spacial score (nSPS) is 28.5. The minimum atomic E-state index is -0.308. The maximum absolute atomic E-state index is 12.0. The first-order valence-electron chi connectivity index (χ1n) is 5.99. The SMILES string of the molecule is CC(C)C[C@H](N)C(=O)N1CC[C@@H](C)[C@@H]1C. The maximum Gasteiger partial charge on any atom is 0.239 e. The van der Waals surface area contributed by atoms with E-state index in [0.717, 1.165) is 19.4 Å². The second-order valence-corrected chi connectivity index (χ2v) is 5.27. The van der Waals surface area contributed by atoms with E-state index in [0.29, 0.717) is 17.9 Å². The summed E-state index contributed by atoms with van der Waals surface area (Å²) in [5.74, 6) is 1.24. The van der Waals surface area contributed by atoms with Gasteiger partial charge < -0.3 is 10.6 Å². The first kappa shape index (κ1) is 12.5. The Morgan fingerprint density at radius 1 is 1.47 bits per heavy atom. The fourth-order valence-electron chi connectivity index (χ4n) is 2.23. The molecule has 0 unspecified atom stereocenters. The fraction of sp³-hybridized carbons (Fsp3) is 0.917. The summed E-state index contributed by atoms with van der Waals surface area (Å²) in [5, 5.41) is 0. The van der Waals surface area contributed by atoms with E-state index < -0.39 is 0 Å². The molecule has 0 saturated carbocycles. The van der Waals surface area contributed by atoms with Crippen LogP contribution < -0.4 is 5.73 Å². The maximum atomic E-state index is 12.0. The summed E-state index contributed by atoms with van der Waals surface area (Å²) in [4.78, 5) is 14.0. The van der Waals surface area contributed by atoms with Crippen molar-refractivity contribution in [3.8, 4) is 0 Å². The van der Waals surface area contributed by atoms with Crippen LogP contribution in [0.15, 0.2) is 0 Å². The van der Waals surface area contributed by atoms with Gasteiger partial charge in [-0.25, -0.2) is 0 Å². The molecule has 0 spiro atoms. The molecule has 2 N–H and O–H groups in total. The highest BCUT2D eigenvalue weighted by Gasteiger charge is 2.33. The molecule has 1 heterocycles. The van der Waals surface area contributed by atoms with Crippen molar-refractivity contribution in [3.63, 3.8) is 0 Å². The minimum absolute atomic E-state index is 0.139. The van der Waals surface area contributed by atoms with E-state index in [4.69, 9.17) is 5.73 Å². The minimum Gasteiger partial charge on any atom is -0.338 e. The molecule has 1 rings (SSSR count). The van der Waals surface area contributed by atoms with Gasteiger partial charge in [-0.1, -0.05) is 20.8 Å². The third kappa shape index (κ3) is 2.94. The molecule has 3 nitrogen and oxygen atoms in total. The van der Waals surface area contributed by atoms with Gasteiger partial charge in [-0.05, 0) is 31.6 Å². The second-order valence-electron chi connectivity index (χ2n) is 5.27. The van der Waals surface area contributed by atoms with E-state index >= 15 is 0 Å². The summed E-state index contributed by atoms with van der Waals surface area (Å²) in [5.41, 5.74) is 5.91. The van der Waals surface area contributed by atoms with Crippen molar-refractivity contribution in [3.05, 3.63) is 0 Å². The Kier molecular flexibility index (Phi) is 4.14. The molecular formula is C12H24N2O. The number of amides is 1. The number of nitrogens with zero attached hydrogens (tertiary/aromatic N) is 1. The average molecular weight is 212 g/mol. The third-order valence-electron chi connectivity index (χ3n) is 3.47. The van der Waals surface area contributed by atoms with E-state index in [1.54, 1.807) is 0 Å². The fourth-order valence-corrected chi connectivity index (χ4v) is 2.23. The highest BCUT2D eigenvalue weighted by Crippen LogP contribution is 2.24. The van der Waals surface area contributed by atoms with Crippen LogP contribution in [0.3, 0.4) is 0 Å². The zero-order valence-electron chi connectivity index (χ0n) is 10.4. The Labute approximate surface area is 93.0 Å². The van der Waals surface area contributed by atoms with Crippen molar-refractivity contribution in [1.29, 1.82) is 0 Å². The van der Waals surface area contributed by atoms with Crippen LogP contribution in [0.4, 0.5) is 0 Å². The molecule has 0 aromatic heterocycles. The Balaban J connectivity index is 2.53. The van der Waals surface area contributed by atoms with Gasteiger partial charge in [-0.2, -0.15) is 0 Å². The molecule has 88 valence electrons. The molecule has 1 fully saturated rings. The first-order valence-corrected chi connectivity index (χ1v) is 5.99. The van der Waals surface area contributed by atoms with Gasteiger partial charge >= 0.3 is 0 Å². The molecule has 1 aliphatic heterocycles. The number of nitrogens with two attached hydrogens (primary N) is 1. The van der Waals surface area contributed by atoms with Crippen LogP contribution in [0.25, 0.3) is 0 Å². The highest BCUT2D eigenvalue weighted by molar-refractivity contribution is 5.82. The largest absolute Gasteiger partial charge is 0.338 e. The smallest absolute Gasteiger partial charge is 0.239 e. The van der Waals surface area contributed by atoms with Crippen LogP contribution in [-0.4, -0.2) is 29.4 Å². The number of likely N-dealkylation sites (tertiary alicyclic amines) is 1. The standard InChI is InChI=1S/C12H24N2O/c1-8(2)7-11(13)12(15)14-6-5-9(3)10(14)4/h8-11H,5-7,13H2,1-4H3/t9-,10+,11+/m1/s1. The lowest BCUT2D eigenvalue weighted by Crippen LogP contribution is -2.46. The van der Waals surface area contributed by atoms with Gasteiger partial charge in [0.25, 0.3) is 0 Å². The number of carbonyl (C=O) groups excluding carboxylic acids is 1. The molecule has 0 bridgehead atoms. The first-order chi connectivity index (χ1) is 6.93. The van der Waals surface area contributed by atoms with Gasteiger partial charge in [0, 0.05) is 12.6 Å². The molecular weight excluding hydrogens is 188 g/mol. The molecule has 15 heavy (non-hydrogen) atoms. The topological polar surface area (TPSA) is 46.3 Å². The van der Waals surface area contributed by atoms with Gasteiger partial charge in [-0.3, -0.25) is 4.79 Å². The lowest BCUT2D eigenvalue weighted by Gasteiger charge is -2.27. The van der Waals surface area contributed by atoms with Gasteiger partial charge in [0.2, 0.25) is 5.91 Å². The third-order valence-corrected chi connectivity index (χ3v) is 3.47. The summed E-state index contributed by atoms with van der Waals surface area (Å²) in [6.07, 6.45) is 1.90. The molecule has 0 aliphatic carbocycles. The molecule has 0 radical (unpaired) electrons. The van der Waals surface area contributed by atoms with Crippen molar-refractivity contribution in [2.75, 3.05) is 6.54 Å². The summed E-state index contributed by atoms with van der Waals surface area (Å²) in [6.45, 7) is 9.41. The monoisotopic (exact) mass is 212 g/mol. The number of hydrogen-bond acceptors (Lipinski definition) is 2. The van der Waals surface area contributed by atoms with Crippen molar-refractivity contribution in [1.82, 2.24) is 4.90 Å². The van der Waals surface area contributed by atoms with Gasteiger partial charge in [0.05, 0.1) is 6.04 Å². The quantitative estimate of drug-likeness (QED) is 0.772. The zero-order chi connectivity index (χ0) is 11.6. The molecule has 1 amide bonds. The summed E-state index contributed by atoms with van der Waals surface area (Å²) in [7, 11) is 0. The predicted octanol–water partition coefficient (Wildman–Crippen LogP) is 1.62. The molecule has 1 aliphatic rings. The van der Waals surface area contributed by atoms with Gasteiger partial charge in [-0.15, -0.1) is 0 Å². The van der Waals surface area contributed by atoms with Crippen molar-refractivity contribution < 1.29 is 4.79 Å². The van der Waals surface area contributed by atoms with E-state index in [1.165, 1.54) is 0 Å². The molecule has 3 heteroatoms. The van der Waals surface area contributed by atoms with Gasteiger partial charge in [0.1, 0.15) is 0 Å². The van der Waals surface area contributed by atoms with Crippen LogP contribution in [0, 0.1) is 11.8 Å². The Morgan fingerprint density at radius 2 is 2.07 bits per heavy atom. The summed E-state index contributed by atoms with van der Waals surface area (Å²) < 4.78 is 0. The van der Waals surface area contributed by atoms with Gasteiger partial charge in [0.15, 0.2) is 0 Å². The molecule has 0 aromatic carbocycles. The highest BCUT2D eigenvalue weighted by atomic mass is 16.2. The van der Waals surface area contributed by atoms with Crippen LogP contribution >= 0.6 is 0 Å². The lowest BCUT2D eigenvalue weighted by atomic mass is 10.0. The van der Waals surface area contributed by atoms with Crippen LogP contribution in [0.5, 0.6) is 0 Å². The predicted molar refractivity (Wildman–Crippen MR) is 62.4 cm³/mol. The Bertz CT molecular complexity index is 228. The average Bonchev–Trinajstić information content (AvgIpc) is 2.45. The Morgan fingerprint density at radius 3 is 2.47 bits per heavy atom. The van der Waals surface area contributed by atoms with E-state index in [-0.39, 0.29) is 11.9 Å². The lowest BCUT2D eigenvalue weighted by molar-refractivity contribution is -0.133. The second kappa shape index (κ2) is 4.97. The van der Waals surface area contributed by atoms with Crippen LogP contribution in [-0.2, 0) is 4.79 Å². The molecule has 3 atom stereocenters. The van der Waals surface area contributed by atoms with E-state index in [1.807, 2.05) is 4.90 Å². The van der Waals surface area contributed by atoms with E-state index in [9.17, 15) is 4.79 Å². The van der Waals surface area contributed by atoms with E-state index in [2.05, 4.69) is 27.7 Å². The Hall–Kier alpha value is -0.570. The molecule has 1 saturated heterocycles. The van der Waals surface area contributed by atoms with Crippen LogP contribution in [0.1, 0.15) is 40.5 Å². The zero-order valence-corrected chi connectivity index (χ0v) is 10.4. The van der Waals surface area contributed by atoms with Crippen LogP contribution in [0.2, 0.25) is 0 Å². The number of hydrogen-bond donors (Lipinski definition) is 1. The van der Waals surface area contributed by atoms with Crippen molar-refractivity contribution in [2.24, 2.45) is 17.6 Å².